The van der Waals surface area contributed by atoms with Crippen LogP contribution in [0.15, 0.2) is 24.3 Å². The summed E-state index contributed by atoms with van der Waals surface area (Å²) < 4.78 is 10.7. The van der Waals surface area contributed by atoms with E-state index in [9.17, 15) is 14.7 Å². The van der Waals surface area contributed by atoms with E-state index >= 15 is 0 Å². The standard InChI is InChI=1S/C17H23NO5/c1-2-23-15-6-4-3-5-13(15)16(19)18-11-14(17(20)21)12-7-9-22-10-8-12/h3-6,12,14H,2,7-11H2,1H3,(H,18,19)(H,20,21). The van der Waals surface area contributed by atoms with Crippen LogP contribution in [0.3, 0.4) is 0 Å². The summed E-state index contributed by atoms with van der Waals surface area (Å²) in [7, 11) is 0. The first-order valence-corrected chi connectivity index (χ1v) is 7.94. The predicted molar refractivity (Wildman–Crippen MR) is 84.6 cm³/mol. The average Bonchev–Trinajstić information content (AvgIpc) is 2.56. The third kappa shape index (κ3) is 4.69. The molecular weight excluding hydrogens is 298 g/mol. The van der Waals surface area contributed by atoms with Crippen LogP contribution in [0, 0.1) is 11.8 Å². The molecule has 1 heterocycles. The third-order valence-corrected chi connectivity index (χ3v) is 4.07. The molecule has 23 heavy (non-hydrogen) atoms. The maximum Gasteiger partial charge on any atom is 0.308 e. The van der Waals surface area contributed by atoms with Gasteiger partial charge in [0.15, 0.2) is 0 Å². The van der Waals surface area contributed by atoms with E-state index < -0.39 is 11.9 Å². The molecule has 0 aromatic heterocycles. The molecule has 1 atom stereocenters. The van der Waals surface area contributed by atoms with Crippen LogP contribution < -0.4 is 10.1 Å². The van der Waals surface area contributed by atoms with Gasteiger partial charge in [0, 0.05) is 19.8 Å². The molecule has 0 radical (unpaired) electrons. The molecule has 0 bridgehead atoms. The van der Waals surface area contributed by atoms with Crippen molar-refractivity contribution in [2.24, 2.45) is 11.8 Å². The molecule has 1 amide bonds. The van der Waals surface area contributed by atoms with Crippen molar-refractivity contribution in [3.05, 3.63) is 29.8 Å². The van der Waals surface area contributed by atoms with Gasteiger partial charge in [-0.2, -0.15) is 0 Å². The minimum Gasteiger partial charge on any atom is -0.493 e. The first-order chi connectivity index (χ1) is 11.1. The number of benzene rings is 1. The van der Waals surface area contributed by atoms with Crippen molar-refractivity contribution in [3.8, 4) is 5.75 Å². The van der Waals surface area contributed by atoms with E-state index in [1.807, 2.05) is 6.92 Å². The molecule has 1 fully saturated rings. The lowest BCUT2D eigenvalue weighted by Crippen LogP contribution is -2.39. The fraction of sp³-hybridized carbons (Fsp3) is 0.529. The number of carbonyl (C=O) groups is 2. The topological polar surface area (TPSA) is 84.9 Å². The number of ether oxygens (including phenoxy) is 2. The van der Waals surface area contributed by atoms with Crippen molar-refractivity contribution in [2.45, 2.75) is 19.8 Å². The highest BCUT2D eigenvalue weighted by atomic mass is 16.5. The summed E-state index contributed by atoms with van der Waals surface area (Å²) in [6.45, 7) is 3.58. The van der Waals surface area contributed by atoms with E-state index in [1.54, 1.807) is 24.3 Å². The van der Waals surface area contributed by atoms with Crippen LogP contribution >= 0.6 is 0 Å². The molecule has 6 nitrogen and oxygen atoms in total. The van der Waals surface area contributed by atoms with Gasteiger partial charge in [0.25, 0.3) is 5.91 Å². The first kappa shape index (κ1) is 17.3. The zero-order valence-electron chi connectivity index (χ0n) is 13.3. The Morgan fingerprint density at radius 3 is 2.70 bits per heavy atom. The van der Waals surface area contributed by atoms with Crippen LogP contribution in [0.2, 0.25) is 0 Å². The lowest BCUT2D eigenvalue weighted by Gasteiger charge is -2.27. The van der Waals surface area contributed by atoms with Gasteiger partial charge in [0.1, 0.15) is 5.75 Å². The van der Waals surface area contributed by atoms with Crippen molar-refractivity contribution in [1.29, 1.82) is 0 Å². The second-order valence-electron chi connectivity index (χ2n) is 5.53. The second-order valence-corrected chi connectivity index (χ2v) is 5.53. The van der Waals surface area contributed by atoms with Crippen molar-refractivity contribution < 1.29 is 24.2 Å². The Labute approximate surface area is 135 Å². The number of amides is 1. The highest BCUT2D eigenvalue weighted by molar-refractivity contribution is 5.97. The first-order valence-electron chi connectivity index (χ1n) is 7.94. The summed E-state index contributed by atoms with van der Waals surface area (Å²) in [6.07, 6.45) is 1.42. The van der Waals surface area contributed by atoms with Crippen molar-refractivity contribution in [2.75, 3.05) is 26.4 Å². The number of para-hydroxylation sites is 1. The highest BCUT2D eigenvalue weighted by Crippen LogP contribution is 2.24. The summed E-state index contributed by atoms with van der Waals surface area (Å²) in [5.41, 5.74) is 0.422. The maximum absolute atomic E-state index is 12.3. The monoisotopic (exact) mass is 321 g/mol. The van der Waals surface area contributed by atoms with Gasteiger partial charge in [-0.25, -0.2) is 0 Å². The van der Waals surface area contributed by atoms with E-state index in [2.05, 4.69) is 5.32 Å². The predicted octanol–water partition coefficient (Wildman–Crippen LogP) is 1.94. The number of aliphatic carboxylic acids is 1. The lowest BCUT2D eigenvalue weighted by atomic mass is 9.86. The lowest BCUT2D eigenvalue weighted by molar-refractivity contribution is -0.144. The summed E-state index contributed by atoms with van der Waals surface area (Å²) in [6, 6.07) is 6.95. The van der Waals surface area contributed by atoms with E-state index in [0.29, 0.717) is 44.0 Å². The summed E-state index contributed by atoms with van der Waals surface area (Å²) in [5, 5.41) is 12.2. The SMILES string of the molecule is CCOc1ccccc1C(=O)NCC(C(=O)O)C1CCOCC1. The quantitative estimate of drug-likeness (QED) is 0.802. The Balaban J connectivity index is 2.00. The molecule has 1 aromatic carbocycles. The zero-order chi connectivity index (χ0) is 16.7. The molecule has 1 aliphatic heterocycles. The molecule has 126 valence electrons. The third-order valence-electron chi connectivity index (χ3n) is 4.07. The van der Waals surface area contributed by atoms with E-state index in [-0.39, 0.29) is 18.4 Å². The minimum atomic E-state index is -0.879. The molecule has 0 saturated carbocycles. The normalized spacial score (nSPS) is 16.6. The van der Waals surface area contributed by atoms with E-state index in [0.717, 1.165) is 0 Å². The molecule has 0 aliphatic carbocycles. The fourth-order valence-corrected chi connectivity index (χ4v) is 2.81. The number of nitrogens with one attached hydrogen (secondary N) is 1. The Kier molecular flexibility index (Phi) is 6.40. The number of carbonyl (C=O) groups excluding carboxylic acids is 1. The van der Waals surface area contributed by atoms with E-state index in [1.165, 1.54) is 0 Å². The molecule has 2 N–H and O–H groups in total. The largest absolute Gasteiger partial charge is 0.493 e. The Hall–Kier alpha value is -2.08. The number of hydrogen-bond acceptors (Lipinski definition) is 4. The number of carboxylic acid groups (broad SMARTS) is 1. The van der Waals surface area contributed by atoms with Gasteiger partial charge in [0.05, 0.1) is 18.1 Å². The van der Waals surface area contributed by atoms with Crippen LogP contribution in [0.5, 0.6) is 5.75 Å². The Morgan fingerprint density at radius 2 is 2.04 bits per heavy atom. The molecule has 6 heteroatoms. The number of carboxylic acids is 1. The molecule has 1 aromatic rings. The van der Waals surface area contributed by atoms with Crippen LogP contribution in [-0.4, -0.2) is 43.3 Å². The minimum absolute atomic E-state index is 0.0312. The van der Waals surface area contributed by atoms with Crippen LogP contribution in [0.25, 0.3) is 0 Å². The Bertz CT molecular complexity index is 540. The fourth-order valence-electron chi connectivity index (χ4n) is 2.81. The van der Waals surface area contributed by atoms with E-state index in [4.69, 9.17) is 9.47 Å². The Morgan fingerprint density at radius 1 is 1.35 bits per heavy atom. The van der Waals surface area contributed by atoms with Crippen molar-refractivity contribution >= 4 is 11.9 Å². The van der Waals surface area contributed by atoms with Gasteiger partial charge in [-0.15, -0.1) is 0 Å². The zero-order valence-corrected chi connectivity index (χ0v) is 13.3. The van der Waals surface area contributed by atoms with Gasteiger partial charge in [-0.05, 0) is 37.8 Å². The molecule has 1 aliphatic rings. The van der Waals surface area contributed by atoms with Crippen molar-refractivity contribution in [1.82, 2.24) is 5.32 Å². The van der Waals surface area contributed by atoms with Gasteiger partial charge in [-0.1, -0.05) is 12.1 Å². The molecule has 1 saturated heterocycles. The number of rotatable bonds is 7. The molecule has 2 rings (SSSR count). The summed E-state index contributed by atoms with van der Waals surface area (Å²) in [4.78, 5) is 23.8. The summed E-state index contributed by atoms with van der Waals surface area (Å²) >= 11 is 0. The average molecular weight is 321 g/mol. The van der Waals surface area contributed by atoms with Crippen LogP contribution in [0.1, 0.15) is 30.1 Å². The highest BCUT2D eigenvalue weighted by Gasteiger charge is 2.30. The van der Waals surface area contributed by atoms with Gasteiger partial charge in [-0.3, -0.25) is 9.59 Å². The maximum atomic E-state index is 12.3. The van der Waals surface area contributed by atoms with Crippen molar-refractivity contribution in [3.63, 3.8) is 0 Å². The smallest absolute Gasteiger partial charge is 0.308 e. The molecular formula is C17H23NO5. The van der Waals surface area contributed by atoms with Crippen LogP contribution in [-0.2, 0) is 9.53 Å². The second kappa shape index (κ2) is 8.53. The molecule has 0 spiro atoms. The van der Waals surface area contributed by atoms with Gasteiger partial charge in [0.2, 0.25) is 0 Å². The van der Waals surface area contributed by atoms with Gasteiger partial charge >= 0.3 is 5.97 Å². The number of hydrogen-bond donors (Lipinski definition) is 2. The van der Waals surface area contributed by atoms with Crippen LogP contribution in [0.4, 0.5) is 0 Å². The molecule has 1 unspecified atom stereocenters. The van der Waals surface area contributed by atoms with Gasteiger partial charge < -0.3 is 19.9 Å². The summed E-state index contributed by atoms with van der Waals surface area (Å²) in [5.74, 6) is -1.25.